The molecule has 2 aliphatic heterocycles. The molecule has 0 radical (unpaired) electrons. The molecule has 3 heterocycles. The van der Waals surface area contributed by atoms with Crippen molar-refractivity contribution in [1.82, 2.24) is 70.0 Å². The van der Waals surface area contributed by atoms with E-state index in [-0.39, 0.29) is 62.2 Å². The van der Waals surface area contributed by atoms with Gasteiger partial charge in [-0.2, -0.15) is 0 Å². The lowest BCUT2D eigenvalue weighted by Gasteiger charge is -2.41. The number of rotatable bonds is 18. The van der Waals surface area contributed by atoms with Crippen LogP contribution in [0.2, 0.25) is 0 Å². The molecule has 0 unspecified atom stereocenters. The highest BCUT2D eigenvalue weighted by molar-refractivity contribution is 6.00. The number of likely N-dealkylation sites (N-methyl/N-ethyl adjacent to an activating group) is 7. The van der Waals surface area contributed by atoms with E-state index in [1.165, 1.54) is 94.6 Å². The number of hydrogen-bond donors (Lipinski definition) is 5. The van der Waals surface area contributed by atoms with Crippen LogP contribution in [-0.2, 0) is 70.4 Å². The van der Waals surface area contributed by atoms with Crippen LogP contribution < -0.4 is 21.3 Å². The smallest absolute Gasteiger partial charge is 0.246 e. The van der Waals surface area contributed by atoms with Crippen molar-refractivity contribution in [3.05, 3.63) is 18.2 Å². The van der Waals surface area contributed by atoms with Gasteiger partial charge in [0.05, 0.1) is 19.3 Å². The first-order chi connectivity index (χ1) is 44.6. The number of amides is 11. The van der Waals surface area contributed by atoms with Crippen LogP contribution in [0.25, 0.3) is 0 Å². The van der Waals surface area contributed by atoms with E-state index in [0.717, 1.165) is 22.9 Å². The molecule has 13 atom stereocenters. The summed E-state index contributed by atoms with van der Waals surface area (Å²) in [6, 6.07) is -13.9. The van der Waals surface area contributed by atoms with Crippen molar-refractivity contribution in [3.8, 4) is 0 Å². The molecule has 5 N–H and O–H groups in total. The van der Waals surface area contributed by atoms with Gasteiger partial charge in [0.25, 0.3) is 0 Å². The Hall–Kier alpha value is -6.74. The molecule has 0 bridgehead atoms. The van der Waals surface area contributed by atoms with Gasteiger partial charge in [0.2, 0.25) is 65.0 Å². The highest BCUT2D eigenvalue weighted by Crippen LogP contribution is 2.26. The van der Waals surface area contributed by atoms with Crippen LogP contribution in [0.1, 0.15) is 156 Å². The van der Waals surface area contributed by atoms with E-state index in [2.05, 4.69) is 31.2 Å². The van der Waals surface area contributed by atoms with Crippen LogP contribution >= 0.6 is 0 Å². The third-order valence-electron chi connectivity index (χ3n) is 18.9. The molecule has 2 aliphatic rings. The average molecular weight is 1360 g/mol. The molecule has 2 fully saturated rings. The Morgan fingerprint density at radius 1 is 0.479 bits per heavy atom. The summed E-state index contributed by atoms with van der Waals surface area (Å²) in [5, 5.41) is 23.8. The molecule has 0 saturated carbocycles. The fraction of sp³-hybridized carbons (Fsp3) is 0.797. The van der Waals surface area contributed by atoms with Crippen molar-refractivity contribution < 1.29 is 62.6 Å². The van der Waals surface area contributed by atoms with Crippen molar-refractivity contribution in [3.63, 3.8) is 0 Å². The minimum Gasteiger partial charge on any atom is -0.390 e. The third-order valence-corrected chi connectivity index (χ3v) is 18.9. The largest absolute Gasteiger partial charge is 0.390 e. The molecule has 0 aliphatic carbocycles. The number of aromatic nitrogens is 2. The summed E-state index contributed by atoms with van der Waals surface area (Å²) < 4.78 is 7.52. The Bertz CT molecular complexity index is 2790. The van der Waals surface area contributed by atoms with Crippen molar-refractivity contribution in [1.29, 1.82) is 0 Å². The SMILES string of the molecule is CC[C@@H]1NC(=O)[C@@H]([C@H](O)[C@H](C)Cc2nccn2CCN2CCOCC2)N(C)C(=O)[C@H](C(C)C)N(C)C(=O)[C@H](CC(C)C)N(C)C(=O)[C@H](CC(C)C)N(C)C(=O)[C@@H](C)NC(=O)[C@H](C)NC(=O)[C@H](CC(C)C)N(C)C(=O)[C@H](C(C)C)NC(=O)[C@H](CC(C)C)N(C)C(=O)[C@@H](C)N(C)C1=O. The van der Waals surface area contributed by atoms with Crippen molar-refractivity contribution in [2.75, 3.05) is 82.2 Å². The molecule has 1 aromatic rings. The van der Waals surface area contributed by atoms with Gasteiger partial charge in [0.1, 0.15) is 72.3 Å². The lowest BCUT2D eigenvalue weighted by Crippen LogP contribution is -2.64. The first-order valence-corrected chi connectivity index (χ1v) is 34.7. The second-order valence-electron chi connectivity index (χ2n) is 29.4. The summed E-state index contributed by atoms with van der Waals surface area (Å²) in [7, 11) is 9.98. The van der Waals surface area contributed by atoms with Crippen LogP contribution in [0.4, 0.5) is 0 Å². The Kier molecular flexibility index (Phi) is 32.9. The van der Waals surface area contributed by atoms with E-state index >= 15 is 19.2 Å². The van der Waals surface area contributed by atoms with Gasteiger partial charge in [-0.05, 0) is 94.3 Å². The Balaban J connectivity index is 2.33. The number of aliphatic hydroxyl groups excluding tert-OH is 1. The van der Waals surface area contributed by atoms with Crippen molar-refractivity contribution >= 4 is 65.0 Å². The van der Waals surface area contributed by atoms with Gasteiger partial charge in [0.15, 0.2) is 0 Å². The van der Waals surface area contributed by atoms with E-state index < -0.39 is 155 Å². The summed E-state index contributed by atoms with van der Waals surface area (Å²) in [6.07, 6.45) is 2.59. The van der Waals surface area contributed by atoms with Gasteiger partial charge in [-0.25, -0.2) is 4.98 Å². The number of ether oxygens (including phenoxy) is 1. The van der Waals surface area contributed by atoms with Gasteiger partial charge in [-0.3, -0.25) is 57.6 Å². The van der Waals surface area contributed by atoms with Crippen molar-refractivity contribution in [2.24, 2.45) is 41.4 Å². The first-order valence-electron chi connectivity index (χ1n) is 34.7. The number of hydrogen-bond acceptors (Lipinski definition) is 15. The maximum Gasteiger partial charge on any atom is 0.246 e. The number of imidazole rings is 1. The monoisotopic (exact) mass is 1350 g/mol. The van der Waals surface area contributed by atoms with Crippen molar-refractivity contribution in [2.45, 2.75) is 235 Å². The fourth-order valence-electron chi connectivity index (χ4n) is 12.6. The number of carbonyl (C=O) groups excluding carboxylic acids is 11. The maximum absolute atomic E-state index is 15.5. The summed E-state index contributed by atoms with van der Waals surface area (Å²) >= 11 is 0. The van der Waals surface area contributed by atoms with Crippen LogP contribution in [-0.4, -0.2) is 274 Å². The number of carbonyl (C=O) groups is 11. The van der Waals surface area contributed by atoms with Crippen LogP contribution in [0, 0.1) is 41.4 Å². The van der Waals surface area contributed by atoms with E-state index in [1.54, 1.807) is 47.7 Å². The molecule has 1 aromatic heterocycles. The van der Waals surface area contributed by atoms with Gasteiger partial charge >= 0.3 is 0 Å². The number of aliphatic hydroxyl groups is 1. The second kappa shape index (κ2) is 37.8. The minimum absolute atomic E-state index is 0.0101. The first kappa shape index (κ1) is 83.5. The summed E-state index contributed by atoms with van der Waals surface area (Å²) in [4.78, 5) is 179. The molecule has 0 spiro atoms. The van der Waals surface area contributed by atoms with Crippen LogP contribution in [0.3, 0.4) is 0 Å². The molecule has 27 heteroatoms. The standard InChI is InChI=1S/C69H122N14O13/c1-25-49-65(91)75(18)48(17)64(90)76(19)51(35-40(4)5)61(87)74-55(43(10)11)68(94)77(20)50(34-39(2)3)60(86)71-46(15)59(85)72-47(16)63(89)78(21)52(36-41(6)7)66(92)79(22)53(37-42(8)9)67(93)80(23)56(44(12)13)69(95)81(24)57(62(88)73-49)58(84)45(14)38-54-70-26-27-83(54)29-28-82-30-32-96-33-31-82/h26-27,39-53,55-58,84H,25,28-38H2,1-24H3,(H,71,86)(H,72,85)(H,73,88)(H,74,87)/t45-,46+,47-,48-,49+,50+,51+,52+,53+,55+,56+,57-,58-/m1/s1. The predicted octanol–water partition coefficient (Wildman–Crippen LogP) is 2.46. The van der Waals surface area contributed by atoms with E-state index in [4.69, 9.17) is 4.74 Å². The fourth-order valence-corrected chi connectivity index (χ4v) is 12.6. The molecule has 0 aromatic carbocycles. The van der Waals surface area contributed by atoms with Gasteiger partial charge < -0.3 is 70.0 Å². The minimum atomic E-state index is -1.70. The summed E-state index contributed by atoms with van der Waals surface area (Å²) in [6.45, 7) is 33.7. The summed E-state index contributed by atoms with van der Waals surface area (Å²) in [5.41, 5.74) is 0. The molecule has 2 saturated heterocycles. The Morgan fingerprint density at radius 2 is 0.927 bits per heavy atom. The molecule has 27 nitrogen and oxygen atoms in total. The van der Waals surface area contributed by atoms with Gasteiger partial charge in [-0.15, -0.1) is 0 Å². The highest BCUT2D eigenvalue weighted by atomic mass is 16.5. The normalized spacial score (nSPS) is 27.1. The maximum atomic E-state index is 15.5. The lowest BCUT2D eigenvalue weighted by atomic mass is 9.91. The molecule has 546 valence electrons. The molecule has 96 heavy (non-hydrogen) atoms. The lowest BCUT2D eigenvalue weighted by molar-refractivity contribution is -0.157. The predicted molar refractivity (Wildman–Crippen MR) is 367 cm³/mol. The van der Waals surface area contributed by atoms with Gasteiger partial charge in [0, 0.05) is 94.3 Å². The zero-order valence-corrected chi connectivity index (χ0v) is 62.4. The number of nitrogens with one attached hydrogen (secondary N) is 4. The molecular weight excluding hydrogens is 1230 g/mol. The number of nitrogens with zero attached hydrogens (tertiary/aromatic N) is 10. The zero-order valence-electron chi connectivity index (χ0n) is 62.4. The van der Waals surface area contributed by atoms with E-state index in [1.807, 2.05) is 66.2 Å². The molecule has 11 amide bonds. The Labute approximate surface area is 572 Å². The third kappa shape index (κ3) is 22.4. The van der Waals surface area contributed by atoms with Gasteiger partial charge in [-0.1, -0.05) is 96.9 Å². The van der Waals surface area contributed by atoms with E-state index in [0.29, 0.717) is 32.1 Å². The average Bonchev–Trinajstić information content (AvgIpc) is 0.884. The zero-order chi connectivity index (χ0) is 73.2. The number of morpholine rings is 1. The summed E-state index contributed by atoms with van der Waals surface area (Å²) in [5.74, 6) is -9.51. The van der Waals surface area contributed by atoms with Crippen LogP contribution in [0.15, 0.2) is 12.4 Å². The van der Waals surface area contributed by atoms with E-state index in [9.17, 15) is 38.7 Å². The Morgan fingerprint density at radius 3 is 1.42 bits per heavy atom. The highest BCUT2D eigenvalue weighted by Gasteiger charge is 2.46. The topological polar surface area (TPSA) is 309 Å². The second-order valence-corrected chi connectivity index (χ2v) is 29.4. The quantitative estimate of drug-likeness (QED) is 0.141. The molecular formula is C69H122N14O13. The molecule has 3 rings (SSSR count). The van der Waals surface area contributed by atoms with Crippen LogP contribution in [0.5, 0.6) is 0 Å².